The molecule has 0 bridgehead atoms. The lowest BCUT2D eigenvalue weighted by Crippen LogP contribution is -2.41. The average Bonchev–Trinajstić information content (AvgIpc) is 3.64. The number of nitrogens with zero attached hydrogens (tertiary/aromatic N) is 2. The van der Waals surface area contributed by atoms with Crippen molar-refractivity contribution < 1.29 is 24.2 Å². The van der Waals surface area contributed by atoms with Crippen LogP contribution in [-0.2, 0) is 9.59 Å². The summed E-state index contributed by atoms with van der Waals surface area (Å²) in [5.74, 6) is 0.903. The van der Waals surface area contributed by atoms with Crippen LogP contribution in [0.4, 0.5) is 0 Å². The SMILES string of the molecule is O=C1CCC(c2ccc(OCC(=O)N3CCC(NCC(O)COc4cccc5[nH]c6ccccc6c45)C3)c(Cl)c2)=NN1. The van der Waals surface area contributed by atoms with Crippen LogP contribution in [0.25, 0.3) is 21.8 Å². The zero-order valence-electron chi connectivity index (χ0n) is 22.9. The summed E-state index contributed by atoms with van der Waals surface area (Å²) in [6.45, 7) is 1.51. The van der Waals surface area contributed by atoms with Gasteiger partial charge in [-0.3, -0.25) is 9.59 Å². The van der Waals surface area contributed by atoms with Gasteiger partial charge in [-0.05, 0) is 48.4 Å². The zero-order chi connectivity index (χ0) is 29.1. The molecule has 6 rings (SSSR count). The first-order valence-electron chi connectivity index (χ1n) is 14.0. The Bertz CT molecular complexity index is 1650. The Balaban J connectivity index is 0.949. The number of aliphatic hydroxyl groups excluding tert-OH is 1. The van der Waals surface area contributed by atoms with Gasteiger partial charge < -0.3 is 29.8 Å². The van der Waals surface area contributed by atoms with Crippen molar-refractivity contribution in [2.24, 2.45) is 5.10 Å². The fraction of sp³-hybridized carbons (Fsp3) is 0.323. The number of carbonyl (C=O) groups is 2. The third-order valence-electron chi connectivity index (χ3n) is 7.63. The molecule has 2 aliphatic heterocycles. The minimum absolute atomic E-state index is 0.0697. The number of likely N-dealkylation sites (tertiary alicyclic amines) is 1. The molecule has 10 nitrogen and oxygen atoms in total. The summed E-state index contributed by atoms with van der Waals surface area (Å²) in [4.78, 5) is 29.3. The van der Waals surface area contributed by atoms with Crippen molar-refractivity contribution >= 4 is 50.9 Å². The first-order chi connectivity index (χ1) is 20.4. The van der Waals surface area contributed by atoms with Crippen LogP contribution in [0.5, 0.6) is 11.5 Å². The van der Waals surface area contributed by atoms with E-state index in [2.05, 4.69) is 26.9 Å². The molecule has 0 aliphatic carbocycles. The number of rotatable bonds is 10. The standard InChI is InChI=1S/C31H32ClN5O5/c32-23-14-19(24-9-11-29(39)36-35-24)8-10-27(23)42-18-30(40)37-13-12-20(16-37)33-15-21(38)17-41-28-7-3-6-26-31(28)22-4-1-2-5-25(22)34-26/h1-8,10,14,20-21,33-34,38H,9,11-13,15-18H2,(H,36,39). The van der Waals surface area contributed by atoms with Crippen LogP contribution in [0.15, 0.2) is 65.8 Å². The van der Waals surface area contributed by atoms with E-state index in [0.717, 1.165) is 45.3 Å². The lowest BCUT2D eigenvalue weighted by Gasteiger charge is -2.19. The van der Waals surface area contributed by atoms with Crippen molar-refractivity contribution in [2.75, 3.05) is 32.8 Å². The molecule has 218 valence electrons. The van der Waals surface area contributed by atoms with E-state index in [1.54, 1.807) is 17.0 Å². The summed E-state index contributed by atoms with van der Waals surface area (Å²) in [7, 11) is 0. The molecule has 2 aliphatic rings. The number of ether oxygens (including phenoxy) is 2. The van der Waals surface area contributed by atoms with Crippen molar-refractivity contribution in [2.45, 2.75) is 31.4 Å². The fourth-order valence-electron chi connectivity index (χ4n) is 5.40. The van der Waals surface area contributed by atoms with Gasteiger partial charge in [0.05, 0.1) is 16.3 Å². The van der Waals surface area contributed by atoms with Crippen molar-refractivity contribution in [3.63, 3.8) is 0 Å². The van der Waals surface area contributed by atoms with Gasteiger partial charge in [-0.1, -0.05) is 35.9 Å². The van der Waals surface area contributed by atoms with Crippen LogP contribution in [0, 0.1) is 0 Å². The van der Waals surface area contributed by atoms with Crippen molar-refractivity contribution in [3.8, 4) is 11.5 Å². The van der Waals surface area contributed by atoms with E-state index in [-0.39, 0.29) is 31.1 Å². The van der Waals surface area contributed by atoms with E-state index >= 15 is 0 Å². The van der Waals surface area contributed by atoms with Crippen LogP contribution >= 0.6 is 11.6 Å². The Labute approximate surface area is 247 Å². The number of aromatic nitrogens is 1. The summed E-state index contributed by atoms with van der Waals surface area (Å²) in [6, 6.07) is 19.3. The molecule has 42 heavy (non-hydrogen) atoms. The highest BCUT2D eigenvalue weighted by Crippen LogP contribution is 2.33. The number of benzene rings is 3. The maximum absolute atomic E-state index is 12.8. The van der Waals surface area contributed by atoms with Gasteiger partial charge in [0.1, 0.15) is 24.2 Å². The van der Waals surface area contributed by atoms with Crippen LogP contribution in [0.3, 0.4) is 0 Å². The summed E-state index contributed by atoms with van der Waals surface area (Å²) in [6.07, 6.45) is 0.989. The van der Waals surface area contributed by atoms with Gasteiger partial charge in [0.2, 0.25) is 5.91 Å². The molecule has 2 amide bonds. The summed E-state index contributed by atoms with van der Waals surface area (Å²) in [5, 5.41) is 20.5. The Kier molecular flexibility index (Phi) is 8.27. The maximum atomic E-state index is 12.8. The molecule has 1 aromatic heterocycles. The molecule has 11 heteroatoms. The topological polar surface area (TPSA) is 128 Å². The second-order valence-electron chi connectivity index (χ2n) is 10.6. The second-order valence-corrected chi connectivity index (χ2v) is 11.0. The van der Waals surface area contributed by atoms with Gasteiger partial charge in [-0.25, -0.2) is 5.43 Å². The first kappa shape index (κ1) is 28.0. The molecular formula is C31H32ClN5O5. The van der Waals surface area contributed by atoms with E-state index in [1.165, 1.54) is 0 Å². The van der Waals surface area contributed by atoms with E-state index in [1.807, 2.05) is 42.5 Å². The Hall–Kier alpha value is -4.12. The van der Waals surface area contributed by atoms with Crippen LogP contribution < -0.4 is 20.2 Å². The third-order valence-corrected chi connectivity index (χ3v) is 7.92. The van der Waals surface area contributed by atoms with E-state index in [0.29, 0.717) is 43.2 Å². The maximum Gasteiger partial charge on any atom is 0.260 e. The number of amides is 2. The Morgan fingerprint density at radius 3 is 2.79 bits per heavy atom. The number of aliphatic hydroxyl groups is 1. The number of H-pyrrole nitrogens is 1. The number of halogens is 1. The number of hydrogen-bond acceptors (Lipinski definition) is 7. The first-order valence-corrected chi connectivity index (χ1v) is 14.4. The molecule has 3 aromatic carbocycles. The summed E-state index contributed by atoms with van der Waals surface area (Å²) < 4.78 is 11.7. The fourth-order valence-corrected chi connectivity index (χ4v) is 5.64. The highest BCUT2D eigenvalue weighted by atomic mass is 35.5. The Morgan fingerprint density at radius 1 is 1.10 bits per heavy atom. The van der Waals surface area contributed by atoms with Gasteiger partial charge in [0.25, 0.3) is 5.91 Å². The molecule has 0 spiro atoms. The molecule has 3 heterocycles. The van der Waals surface area contributed by atoms with Crippen molar-refractivity contribution in [1.82, 2.24) is 20.6 Å². The van der Waals surface area contributed by atoms with E-state index in [4.69, 9.17) is 21.1 Å². The molecule has 0 saturated carbocycles. The molecule has 2 unspecified atom stereocenters. The number of para-hydroxylation sites is 1. The second kappa shape index (κ2) is 12.4. The van der Waals surface area contributed by atoms with E-state index < -0.39 is 6.10 Å². The predicted molar refractivity (Wildman–Crippen MR) is 161 cm³/mol. The molecule has 4 N–H and O–H groups in total. The minimum atomic E-state index is -0.709. The van der Waals surface area contributed by atoms with Crippen LogP contribution in [-0.4, -0.2) is 77.5 Å². The van der Waals surface area contributed by atoms with Gasteiger partial charge in [-0.2, -0.15) is 5.10 Å². The smallest absolute Gasteiger partial charge is 0.260 e. The number of nitrogens with one attached hydrogen (secondary N) is 3. The largest absolute Gasteiger partial charge is 0.490 e. The van der Waals surface area contributed by atoms with Gasteiger partial charge in [0.15, 0.2) is 6.61 Å². The molecular weight excluding hydrogens is 558 g/mol. The number of fused-ring (bicyclic) bond motifs is 3. The molecule has 1 fully saturated rings. The molecule has 0 radical (unpaired) electrons. The number of aromatic amines is 1. The third kappa shape index (κ3) is 6.20. The lowest BCUT2D eigenvalue weighted by molar-refractivity contribution is -0.132. The van der Waals surface area contributed by atoms with Crippen LogP contribution in [0.2, 0.25) is 5.02 Å². The highest BCUT2D eigenvalue weighted by molar-refractivity contribution is 6.32. The van der Waals surface area contributed by atoms with Gasteiger partial charge >= 0.3 is 0 Å². The summed E-state index contributed by atoms with van der Waals surface area (Å²) >= 11 is 6.39. The van der Waals surface area contributed by atoms with Gasteiger partial charge in [0, 0.05) is 54.8 Å². The number of hydrazone groups is 1. The highest BCUT2D eigenvalue weighted by Gasteiger charge is 2.27. The van der Waals surface area contributed by atoms with E-state index in [9.17, 15) is 14.7 Å². The molecule has 1 saturated heterocycles. The number of hydrogen-bond donors (Lipinski definition) is 4. The van der Waals surface area contributed by atoms with Crippen molar-refractivity contribution in [1.29, 1.82) is 0 Å². The molecule has 4 aromatic rings. The van der Waals surface area contributed by atoms with Crippen molar-refractivity contribution in [3.05, 3.63) is 71.2 Å². The normalized spacial score (nSPS) is 17.8. The molecule has 2 atom stereocenters. The minimum Gasteiger partial charge on any atom is -0.490 e. The summed E-state index contributed by atoms with van der Waals surface area (Å²) in [5.41, 5.74) is 6.06. The quantitative estimate of drug-likeness (QED) is 0.224. The lowest BCUT2D eigenvalue weighted by atomic mass is 10.0. The predicted octanol–water partition coefficient (Wildman–Crippen LogP) is 3.60. The zero-order valence-corrected chi connectivity index (χ0v) is 23.7. The van der Waals surface area contributed by atoms with Gasteiger partial charge in [-0.15, -0.1) is 0 Å². The Morgan fingerprint density at radius 2 is 1.95 bits per heavy atom. The average molecular weight is 590 g/mol. The number of carbonyl (C=O) groups excluding carboxylic acids is 2. The van der Waals surface area contributed by atoms with Crippen LogP contribution in [0.1, 0.15) is 24.8 Å². The monoisotopic (exact) mass is 589 g/mol.